The van der Waals surface area contributed by atoms with Gasteiger partial charge >= 0.3 is 6.18 Å². The molecule has 1 aromatic rings. The van der Waals surface area contributed by atoms with Crippen LogP contribution in [0.5, 0.6) is 0 Å². The van der Waals surface area contributed by atoms with Gasteiger partial charge in [-0.05, 0) is 18.6 Å². The van der Waals surface area contributed by atoms with Gasteiger partial charge in [0.2, 0.25) is 0 Å². The first kappa shape index (κ1) is 18.1. The van der Waals surface area contributed by atoms with Gasteiger partial charge in [-0.1, -0.05) is 18.1 Å². The van der Waals surface area contributed by atoms with E-state index in [0.717, 1.165) is 12.3 Å². The summed E-state index contributed by atoms with van der Waals surface area (Å²) in [6.07, 6.45) is -3.82. The summed E-state index contributed by atoms with van der Waals surface area (Å²) in [4.78, 5) is 7.23. The highest BCUT2D eigenvalue weighted by Gasteiger charge is 2.34. The summed E-state index contributed by atoms with van der Waals surface area (Å²) in [7, 11) is -3.77. The number of allylic oxidation sites excluding steroid dienone is 1. The van der Waals surface area contributed by atoms with Crippen molar-refractivity contribution < 1.29 is 26.8 Å². The second kappa shape index (κ2) is 6.34. The summed E-state index contributed by atoms with van der Waals surface area (Å²) in [5.41, 5.74) is -1.11. The number of sulfone groups is 1. The summed E-state index contributed by atoms with van der Waals surface area (Å²) in [5.74, 6) is -0.266. The van der Waals surface area contributed by atoms with Gasteiger partial charge in [-0.2, -0.15) is 13.2 Å². The molecule has 2 rings (SSSR count). The van der Waals surface area contributed by atoms with E-state index < -0.39 is 21.7 Å². The van der Waals surface area contributed by atoms with Crippen LogP contribution in [0, 0.1) is 6.92 Å². The zero-order valence-electron chi connectivity index (χ0n) is 12.8. The zero-order valence-corrected chi connectivity index (χ0v) is 13.6. The second-order valence-electron chi connectivity index (χ2n) is 5.06. The molecule has 6 nitrogen and oxygen atoms in total. The number of aromatic nitrogens is 1. The fraction of sp³-hybridized carbons (Fsp3) is 0.357. The minimum absolute atomic E-state index is 0.00426. The van der Waals surface area contributed by atoms with E-state index in [4.69, 9.17) is 5.21 Å². The monoisotopic (exact) mass is 361 g/mol. The average Bonchev–Trinajstić information content (AvgIpc) is 2.53. The molecule has 0 atom stereocenters. The van der Waals surface area contributed by atoms with Crippen LogP contribution in [0.25, 0.3) is 5.70 Å². The van der Waals surface area contributed by atoms with Crippen molar-refractivity contribution in [3.05, 3.63) is 34.0 Å². The molecule has 0 fully saturated rings. The molecule has 2 heterocycles. The second-order valence-corrected chi connectivity index (χ2v) is 7.36. The van der Waals surface area contributed by atoms with Crippen LogP contribution in [0.3, 0.4) is 0 Å². The van der Waals surface area contributed by atoms with Gasteiger partial charge in [0.25, 0.3) is 0 Å². The highest BCUT2D eigenvalue weighted by Crippen LogP contribution is 2.33. The van der Waals surface area contributed by atoms with Crippen LogP contribution in [0.2, 0.25) is 0 Å². The van der Waals surface area contributed by atoms with Gasteiger partial charge in [0.15, 0.2) is 9.84 Å². The van der Waals surface area contributed by atoms with Gasteiger partial charge in [0.1, 0.15) is 17.1 Å². The fourth-order valence-electron chi connectivity index (χ4n) is 2.12. The number of rotatable bonds is 3. The molecule has 0 unspecified atom stereocenters. The molecule has 24 heavy (non-hydrogen) atoms. The maximum absolute atomic E-state index is 12.9. The molecule has 1 aliphatic rings. The number of hydrogen-bond acceptors (Lipinski definition) is 6. The Morgan fingerprint density at radius 3 is 2.54 bits per heavy atom. The lowest BCUT2D eigenvalue weighted by Crippen LogP contribution is -2.19. The molecule has 0 aliphatic carbocycles. The Hall–Kier alpha value is -2.23. The van der Waals surface area contributed by atoms with Crippen molar-refractivity contribution in [1.29, 1.82) is 0 Å². The number of nitrogens with zero attached hydrogens (tertiary/aromatic N) is 3. The Labute approximate surface area is 136 Å². The van der Waals surface area contributed by atoms with E-state index in [0.29, 0.717) is 5.56 Å². The lowest BCUT2D eigenvalue weighted by Gasteiger charge is -2.17. The van der Waals surface area contributed by atoms with E-state index in [1.165, 1.54) is 19.9 Å². The summed E-state index contributed by atoms with van der Waals surface area (Å²) < 4.78 is 63.2. The number of pyridine rings is 1. The first-order valence-corrected chi connectivity index (χ1v) is 8.51. The molecular weight excluding hydrogens is 347 g/mol. The smallest absolute Gasteiger partial charge is 0.411 e. The van der Waals surface area contributed by atoms with Crippen LogP contribution in [0.1, 0.15) is 30.3 Å². The lowest BCUT2D eigenvalue weighted by molar-refractivity contribution is -0.141. The Kier molecular flexibility index (Phi) is 4.79. The molecular formula is C14H14F3N3O3S. The van der Waals surface area contributed by atoms with Crippen molar-refractivity contribution in [3.63, 3.8) is 0 Å². The van der Waals surface area contributed by atoms with Gasteiger partial charge in [-0.25, -0.2) is 13.4 Å². The van der Waals surface area contributed by atoms with Crippen molar-refractivity contribution in [2.75, 3.05) is 5.75 Å². The average molecular weight is 361 g/mol. The van der Waals surface area contributed by atoms with Gasteiger partial charge < -0.3 is 5.21 Å². The van der Waals surface area contributed by atoms with E-state index in [1.807, 2.05) is 0 Å². The third-order valence-electron chi connectivity index (χ3n) is 3.44. The van der Waals surface area contributed by atoms with Crippen LogP contribution >= 0.6 is 0 Å². The maximum atomic E-state index is 12.9. The van der Waals surface area contributed by atoms with E-state index >= 15 is 0 Å². The third kappa shape index (κ3) is 3.48. The van der Waals surface area contributed by atoms with Crippen LogP contribution < -0.4 is 0 Å². The molecule has 0 radical (unpaired) electrons. The van der Waals surface area contributed by atoms with Gasteiger partial charge in [-0.15, -0.1) is 0 Å². The van der Waals surface area contributed by atoms with E-state index in [-0.39, 0.29) is 34.2 Å². The normalized spacial score (nSPS) is 17.6. The first-order valence-electron chi connectivity index (χ1n) is 6.86. The number of oxime groups is 1. The van der Waals surface area contributed by atoms with Gasteiger partial charge in [0, 0.05) is 6.42 Å². The van der Waals surface area contributed by atoms with Crippen molar-refractivity contribution >= 4 is 27.5 Å². The van der Waals surface area contributed by atoms with Crippen LogP contribution in [0.4, 0.5) is 13.2 Å². The molecule has 0 bridgehead atoms. The highest BCUT2D eigenvalue weighted by atomic mass is 32.2. The largest absolute Gasteiger partial charge is 0.433 e. The molecule has 0 saturated carbocycles. The molecule has 0 spiro atoms. The van der Waals surface area contributed by atoms with Crippen molar-refractivity contribution in [1.82, 2.24) is 4.98 Å². The van der Waals surface area contributed by atoms with Crippen molar-refractivity contribution in [3.8, 4) is 0 Å². The molecule has 1 N–H and O–H groups in total. The SMILES string of the molecule is CCS(=O)(=O)C1=C(c2nc(C(F)(F)F)ccc2C)N=CC(=NO)C1. The van der Waals surface area contributed by atoms with Crippen LogP contribution in [-0.2, 0) is 16.0 Å². The quantitative estimate of drug-likeness (QED) is 0.662. The zero-order chi connectivity index (χ0) is 18.1. The Bertz CT molecular complexity index is 856. The van der Waals surface area contributed by atoms with Gasteiger partial charge in [-0.3, -0.25) is 4.99 Å². The molecule has 1 aliphatic heterocycles. The maximum Gasteiger partial charge on any atom is 0.433 e. The molecule has 0 saturated heterocycles. The summed E-state index contributed by atoms with van der Waals surface area (Å²) in [6.45, 7) is 2.91. The predicted molar refractivity (Wildman–Crippen MR) is 82.7 cm³/mol. The van der Waals surface area contributed by atoms with Crippen molar-refractivity contribution in [2.45, 2.75) is 26.4 Å². The molecule has 10 heteroatoms. The number of hydrogen-bond donors (Lipinski definition) is 1. The lowest BCUT2D eigenvalue weighted by atomic mass is 10.1. The summed E-state index contributed by atoms with van der Waals surface area (Å²) in [5, 5.41) is 11.7. The summed E-state index contributed by atoms with van der Waals surface area (Å²) in [6, 6.07) is 2.03. The number of aliphatic imine (C=N–C) groups is 1. The predicted octanol–water partition coefficient (Wildman–Crippen LogP) is 2.82. The van der Waals surface area contributed by atoms with E-state index in [9.17, 15) is 21.6 Å². The summed E-state index contributed by atoms with van der Waals surface area (Å²) >= 11 is 0. The topological polar surface area (TPSA) is 92.0 Å². The third-order valence-corrected chi connectivity index (χ3v) is 5.29. The van der Waals surface area contributed by atoms with Crippen LogP contribution in [-0.4, -0.2) is 36.3 Å². The van der Waals surface area contributed by atoms with Crippen molar-refractivity contribution in [2.24, 2.45) is 10.1 Å². The molecule has 0 aromatic carbocycles. The van der Waals surface area contributed by atoms with Gasteiger partial charge in [0.05, 0.1) is 22.6 Å². The van der Waals surface area contributed by atoms with Crippen LogP contribution in [0.15, 0.2) is 27.2 Å². The number of aryl methyl sites for hydroxylation is 1. The first-order chi connectivity index (χ1) is 11.1. The number of halogens is 3. The van der Waals surface area contributed by atoms with E-state index in [2.05, 4.69) is 15.1 Å². The van der Waals surface area contributed by atoms with E-state index in [1.54, 1.807) is 0 Å². The standard InChI is InChI=1S/C14H14F3N3O3S/c1-3-24(22,23)10-6-9(20-21)7-18-13(10)12-8(2)4-5-11(19-12)14(15,16)17/h4-5,7,21H,3,6H2,1-2H3. The molecule has 130 valence electrons. The Balaban J connectivity index is 2.74. The fourth-order valence-corrected chi connectivity index (χ4v) is 3.28. The molecule has 0 amide bonds. The number of alkyl halides is 3. The minimum atomic E-state index is -4.66. The highest BCUT2D eigenvalue weighted by molar-refractivity contribution is 7.95. The Morgan fingerprint density at radius 2 is 2.00 bits per heavy atom. The molecule has 1 aromatic heterocycles. The minimum Gasteiger partial charge on any atom is -0.411 e. The Morgan fingerprint density at radius 1 is 1.33 bits per heavy atom.